The first-order chi connectivity index (χ1) is 8.97. The minimum atomic E-state index is -0.600. The van der Waals surface area contributed by atoms with Gasteiger partial charge in [0.1, 0.15) is 11.5 Å². The Hall–Kier alpha value is -2.56. The predicted molar refractivity (Wildman–Crippen MR) is 69.0 cm³/mol. The molecule has 0 saturated carbocycles. The SMILES string of the molecule is CC(=O)c1cc(Oc2ccc(N)cc2F)ccc1O. The summed E-state index contributed by atoms with van der Waals surface area (Å²) in [4.78, 5) is 11.3. The number of Topliss-reactive ketones (excluding diaryl/α,β-unsaturated/α-hetero) is 1. The van der Waals surface area contributed by atoms with Crippen molar-refractivity contribution in [3.8, 4) is 17.2 Å². The number of nitrogen functional groups attached to an aromatic ring is 1. The minimum Gasteiger partial charge on any atom is -0.507 e. The minimum absolute atomic E-state index is 0.00519. The predicted octanol–water partition coefficient (Wildman–Crippen LogP) is 3.11. The molecule has 0 spiro atoms. The van der Waals surface area contributed by atoms with Crippen molar-refractivity contribution in [2.45, 2.75) is 6.92 Å². The third-order valence-corrected chi connectivity index (χ3v) is 2.53. The number of carbonyl (C=O) groups excluding carboxylic acids is 1. The Bertz CT molecular complexity index is 641. The van der Waals surface area contributed by atoms with Crippen LogP contribution in [0.25, 0.3) is 0 Å². The van der Waals surface area contributed by atoms with Gasteiger partial charge in [-0.1, -0.05) is 0 Å². The molecular weight excluding hydrogens is 249 g/mol. The first-order valence-electron chi connectivity index (χ1n) is 5.54. The standard InChI is InChI=1S/C14H12FNO3/c1-8(17)11-7-10(3-4-13(11)18)19-14-5-2-9(16)6-12(14)15/h2-7,18H,16H2,1H3. The zero-order valence-electron chi connectivity index (χ0n) is 10.2. The van der Waals surface area contributed by atoms with Crippen LogP contribution in [0.4, 0.5) is 10.1 Å². The Labute approximate surface area is 109 Å². The number of nitrogens with two attached hydrogens (primary N) is 1. The molecule has 0 aliphatic carbocycles. The van der Waals surface area contributed by atoms with Gasteiger partial charge in [-0.3, -0.25) is 4.79 Å². The van der Waals surface area contributed by atoms with Gasteiger partial charge >= 0.3 is 0 Å². The van der Waals surface area contributed by atoms with Gasteiger partial charge < -0.3 is 15.6 Å². The van der Waals surface area contributed by atoms with Gasteiger partial charge in [0.15, 0.2) is 17.3 Å². The summed E-state index contributed by atoms with van der Waals surface area (Å²) in [5.74, 6) is -0.795. The molecule has 0 heterocycles. The molecule has 0 unspecified atom stereocenters. The van der Waals surface area contributed by atoms with E-state index < -0.39 is 5.82 Å². The summed E-state index contributed by atoms with van der Waals surface area (Å²) in [6.45, 7) is 1.32. The summed E-state index contributed by atoms with van der Waals surface area (Å²) in [7, 11) is 0. The Balaban J connectivity index is 2.33. The van der Waals surface area contributed by atoms with Gasteiger partial charge in [-0.2, -0.15) is 0 Å². The summed E-state index contributed by atoms with van der Waals surface area (Å²) in [5.41, 5.74) is 5.84. The molecular formula is C14H12FNO3. The molecule has 2 rings (SSSR count). The van der Waals surface area contributed by atoms with E-state index in [1.807, 2.05) is 0 Å². The average molecular weight is 261 g/mol. The number of halogens is 1. The number of benzene rings is 2. The summed E-state index contributed by atoms with van der Waals surface area (Å²) in [6, 6.07) is 8.16. The van der Waals surface area contributed by atoms with Crippen LogP contribution in [0.5, 0.6) is 17.2 Å². The highest BCUT2D eigenvalue weighted by Crippen LogP contribution is 2.29. The summed E-state index contributed by atoms with van der Waals surface area (Å²) < 4.78 is 18.9. The van der Waals surface area contributed by atoms with Crippen molar-refractivity contribution in [1.29, 1.82) is 0 Å². The van der Waals surface area contributed by atoms with Gasteiger partial charge in [-0.05, 0) is 37.3 Å². The van der Waals surface area contributed by atoms with Gasteiger partial charge in [0.2, 0.25) is 0 Å². The molecule has 0 atom stereocenters. The maximum absolute atomic E-state index is 13.6. The maximum atomic E-state index is 13.6. The van der Waals surface area contributed by atoms with E-state index in [9.17, 15) is 14.3 Å². The average Bonchev–Trinajstić information content (AvgIpc) is 2.34. The molecule has 0 fully saturated rings. The van der Waals surface area contributed by atoms with E-state index in [1.54, 1.807) is 0 Å². The number of hydrogen-bond acceptors (Lipinski definition) is 4. The van der Waals surface area contributed by atoms with E-state index in [0.29, 0.717) is 5.69 Å². The summed E-state index contributed by atoms with van der Waals surface area (Å²) in [6.07, 6.45) is 0. The molecule has 19 heavy (non-hydrogen) atoms. The molecule has 0 aliphatic heterocycles. The molecule has 98 valence electrons. The van der Waals surface area contributed by atoms with Crippen molar-refractivity contribution in [3.05, 3.63) is 47.8 Å². The van der Waals surface area contributed by atoms with E-state index in [4.69, 9.17) is 10.5 Å². The zero-order valence-corrected chi connectivity index (χ0v) is 10.2. The fourth-order valence-corrected chi connectivity index (χ4v) is 1.59. The number of carbonyl (C=O) groups is 1. The third-order valence-electron chi connectivity index (χ3n) is 2.53. The van der Waals surface area contributed by atoms with E-state index in [0.717, 1.165) is 6.07 Å². The Morgan fingerprint density at radius 1 is 1.26 bits per heavy atom. The molecule has 0 aromatic heterocycles. The van der Waals surface area contributed by atoms with E-state index in [-0.39, 0.29) is 28.6 Å². The van der Waals surface area contributed by atoms with Crippen LogP contribution >= 0.6 is 0 Å². The lowest BCUT2D eigenvalue weighted by molar-refractivity contribution is 0.101. The quantitative estimate of drug-likeness (QED) is 0.657. The lowest BCUT2D eigenvalue weighted by Gasteiger charge is -2.09. The Morgan fingerprint density at radius 2 is 2.00 bits per heavy atom. The topological polar surface area (TPSA) is 72.5 Å². The lowest BCUT2D eigenvalue weighted by atomic mass is 10.1. The Kier molecular flexibility index (Phi) is 3.37. The monoisotopic (exact) mass is 261 g/mol. The first kappa shape index (κ1) is 12.9. The fourth-order valence-electron chi connectivity index (χ4n) is 1.59. The normalized spacial score (nSPS) is 10.2. The van der Waals surface area contributed by atoms with Gasteiger partial charge in [0.05, 0.1) is 5.56 Å². The Morgan fingerprint density at radius 3 is 2.63 bits per heavy atom. The zero-order chi connectivity index (χ0) is 14.0. The smallest absolute Gasteiger partial charge is 0.167 e. The number of hydrogen-bond donors (Lipinski definition) is 2. The fraction of sp³-hybridized carbons (Fsp3) is 0.0714. The maximum Gasteiger partial charge on any atom is 0.167 e. The summed E-state index contributed by atoms with van der Waals surface area (Å²) in [5, 5.41) is 9.50. The van der Waals surface area contributed by atoms with Crippen molar-refractivity contribution in [2.75, 3.05) is 5.73 Å². The third kappa shape index (κ3) is 2.82. The van der Waals surface area contributed by atoms with Crippen LogP contribution in [0.15, 0.2) is 36.4 Å². The molecule has 0 radical (unpaired) electrons. The largest absolute Gasteiger partial charge is 0.507 e. The lowest BCUT2D eigenvalue weighted by Crippen LogP contribution is -1.95. The number of phenols is 1. The van der Waals surface area contributed by atoms with Crippen LogP contribution in [0.2, 0.25) is 0 Å². The second-order valence-electron chi connectivity index (χ2n) is 4.03. The highest BCUT2D eigenvalue weighted by atomic mass is 19.1. The van der Waals surface area contributed by atoms with Crippen LogP contribution in [-0.2, 0) is 0 Å². The van der Waals surface area contributed by atoms with E-state index >= 15 is 0 Å². The summed E-state index contributed by atoms with van der Waals surface area (Å²) >= 11 is 0. The van der Waals surface area contributed by atoms with Gasteiger partial charge in [0, 0.05) is 11.8 Å². The van der Waals surface area contributed by atoms with Crippen LogP contribution < -0.4 is 10.5 Å². The second-order valence-corrected chi connectivity index (χ2v) is 4.03. The van der Waals surface area contributed by atoms with Gasteiger partial charge in [-0.25, -0.2) is 4.39 Å². The van der Waals surface area contributed by atoms with Crippen molar-refractivity contribution in [2.24, 2.45) is 0 Å². The number of ether oxygens (including phenoxy) is 1. The molecule has 0 amide bonds. The van der Waals surface area contributed by atoms with Gasteiger partial charge in [-0.15, -0.1) is 0 Å². The number of aromatic hydroxyl groups is 1. The number of phenolic OH excluding ortho intramolecular Hbond substituents is 1. The highest BCUT2D eigenvalue weighted by Gasteiger charge is 2.10. The molecule has 4 nitrogen and oxygen atoms in total. The van der Waals surface area contributed by atoms with Gasteiger partial charge in [0.25, 0.3) is 0 Å². The van der Waals surface area contributed by atoms with Crippen molar-refractivity contribution in [1.82, 2.24) is 0 Å². The molecule has 0 saturated heterocycles. The number of ketones is 1. The van der Waals surface area contributed by atoms with Crippen molar-refractivity contribution in [3.63, 3.8) is 0 Å². The van der Waals surface area contributed by atoms with E-state index in [2.05, 4.69) is 0 Å². The molecule has 5 heteroatoms. The van der Waals surface area contributed by atoms with Crippen LogP contribution in [0.1, 0.15) is 17.3 Å². The molecule has 3 N–H and O–H groups in total. The van der Waals surface area contributed by atoms with Crippen molar-refractivity contribution >= 4 is 11.5 Å². The number of rotatable bonds is 3. The van der Waals surface area contributed by atoms with Crippen molar-refractivity contribution < 1.29 is 19.0 Å². The van der Waals surface area contributed by atoms with E-state index in [1.165, 1.54) is 37.3 Å². The molecule has 2 aromatic rings. The highest BCUT2D eigenvalue weighted by molar-refractivity contribution is 5.97. The second kappa shape index (κ2) is 4.97. The van der Waals surface area contributed by atoms with Crippen LogP contribution in [0.3, 0.4) is 0 Å². The molecule has 2 aromatic carbocycles. The van der Waals surface area contributed by atoms with Crippen LogP contribution in [0, 0.1) is 5.82 Å². The van der Waals surface area contributed by atoms with Crippen LogP contribution in [-0.4, -0.2) is 10.9 Å². The number of anilines is 1. The molecule has 0 aliphatic rings. The first-order valence-corrected chi connectivity index (χ1v) is 5.54. The molecule has 0 bridgehead atoms.